The van der Waals surface area contributed by atoms with Crippen molar-refractivity contribution in [3.05, 3.63) is 17.0 Å². The molecule has 0 N–H and O–H groups in total. The summed E-state index contributed by atoms with van der Waals surface area (Å²) in [7, 11) is 0. The van der Waals surface area contributed by atoms with Gasteiger partial charge in [0.25, 0.3) is 0 Å². The topological polar surface area (TPSA) is 29.0 Å². The van der Waals surface area contributed by atoms with Gasteiger partial charge in [-0.25, -0.2) is 9.97 Å². The number of hydrogen-bond acceptors (Lipinski definition) is 3. The van der Waals surface area contributed by atoms with Gasteiger partial charge in [0.15, 0.2) is 0 Å². The summed E-state index contributed by atoms with van der Waals surface area (Å²) in [5.74, 6) is 1.81. The van der Waals surface area contributed by atoms with Gasteiger partial charge in [-0.05, 0) is 34.7 Å². The second kappa shape index (κ2) is 5.45. The molecule has 88 valence electrons. The van der Waals surface area contributed by atoms with Crippen molar-refractivity contribution in [2.75, 3.05) is 18.0 Å². The first kappa shape index (κ1) is 12.3. The molecule has 1 fully saturated rings. The highest BCUT2D eigenvalue weighted by Gasteiger charge is 2.23. The predicted octanol–water partition coefficient (Wildman–Crippen LogP) is 3.24. The zero-order valence-electron chi connectivity index (χ0n) is 9.24. The molecule has 1 atom stereocenters. The van der Waals surface area contributed by atoms with E-state index in [2.05, 4.69) is 53.7 Å². The molecule has 1 aliphatic rings. The van der Waals surface area contributed by atoms with Gasteiger partial charge in [0.2, 0.25) is 0 Å². The molecular formula is C11H15Br2N3. The molecule has 0 spiro atoms. The van der Waals surface area contributed by atoms with Crippen LogP contribution >= 0.6 is 31.9 Å². The molecule has 0 saturated carbocycles. The van der Waals surface area contributed by atoms with Crippen LogP contribution in [-0.2, 0) is 0 Å². The quantitative estimate of drug-likeness (QED) is 0.768. The third-order valence-electron chi connectivity index (χ3n) is 3.14. The number of rotatable bonds is 2. The van der Waals surface area contributed by atoms with Gasteiger partial charge in [-0.15, -0.1) is 0 Å². The Hall–Kier alpha value is -0.160. The van der Waals surface area contributed by atoms with Gasteiger partial charge in [0, 0.05) is 24.1 Å². The molecule has 1 aliphatic heterocycles. The van der Waals surface area contributed by atoms with Gasteiger partial charge >= 0.3 is 0 Å². The summed E-state index contributed by atoms with van der Waals surface area (Å²) in [6.07, 6.45) is 5.87. The molecule has 0 radical (unpaired) electrons. The normalized spacial score (nSPS) is 19.8. The molecule has 0 bridgehead atoms. The van der Waals surface area contributed by atoms with E-state index in [1.807, 2.05) is 6.20 Å². The van der Waals surface area contributed by atoms with Crippen LogP contribution in [0.15, 0.2) is 17.0 Å². The molecule has 5 heteroatoms. The van der Waals surface area contributed by atoms with Crippen LogP contribution < -0.4 is 4.90 Å². The van der Waals surface area contributed by atoms with E-state index in [9.17, 15) is 0 Å². The molecule has 2 rings (SSSR count). The molecule has 16 heavy (non-hydrogen) atoms. The van der Waals surface area contributed by atoms with E-state index < -0.39 is 0 Å². The number of hydrogen-bond donors (Lipinski definition) is 0. The summed E-state index contributed by atoms with van der Waals surface area (Å²) in [5.41, 5.74) is 0. The molecule has 0 aliphatic carbocycles. The standard InChI is InChI=1S/C11H15Br2N3/c1-8(12)9-2-4-16(5-3-9)11-10(13)6-14-7-15-11/h6-9H,2-5H2,1H3. The number of piperidine rings is 1. The van der Waals surface area contributed by atoms with Crippen molar-refractivity contribution in [1.29, 1.82) is 0 Å². The fraction of sp³-hybridized carbons (Fsp3) is 0.636. The van der Waals surface area contributed by atoms with Crippen LogP contribution in [0.5, 0.6) is 0 Å². The summed E-state index contributed by atoms with van der Waals surface area (Å²) in [6.45, 7) is 4.40. The second-order valence-corrected chi connectivity index (χ2v) is 6.49. The zero-order valence-corrected chi connectivity index (χ0v) is 12.4. The van der Waals surface area contributed by atoms with Crippen molar-refractivity contribution in [1.82, 2.24) is 9.97 Å². The van der Waals surface area contributed by atoms with Crippen molar-refractivity contribution in [2.24, 2.45) is 5.92 Å². The van der Waals surface area contributed by atoms with Gasteiger partial charge in [-0.1, -0.05) is 22.9 Å². The minimum Gasteiger partial charge on any atom is -0.356 e. The Bertz CT molecular complexity index is 349. The summed E-state index contributed by atoms with van der Waals surface area (Å²) in [4.78, 5) is 11.3. The monoisotopic (exact) mass is 347 g/mol. The van der Waals surface area contributed by atoms with Gasteiger partial charge < -0.3 is 4.90 Å². The van der Waals surface area contributed by atoms with E-state index in [-0.39, 0.29) is 0 Å². The first-order valence-corrected chi connectivity index (χ1v) is 7.24. The van der Waals surface area contributed by atoms with Crippen molar-refractivity contribution in [3.8, 4) is 0 Å². The van der Waals surface area contributed by atoms with Gasteiger partial charge in [0.05, 0.1) is 4.47 Å². The fourth-order valence-electron chi connectivity index (χ4n) is 2.11. The Balaban J connectivity index is 2.02. The minimum atomic E-state index is 0.614. The lowest BCUT2D eigenvalue weighted by Crippen LogP contribution is -2.36. The van der Waals surface area contributed by atoms with Crippen molar-refractivity contribution >= 4 is 37.7 Å². The third-order valence-corrected chi connectivity index (χ3v) is 4.44. The molecule has 0 amide bonds. The maximum absolute atomic E-state index is 4.33. The van der Waals surface area contributed by atoms with E-state index in [1.165, 1.54) is 12.8 Å². The maximum atomic E-state index is 4.33. The maximum Gasteiger partial charge on any atom is 0.146 e. The van der Waals surface area contributed by atoms with E-state index >= 15 is 0 Å². The number of alkyl halides is 1. The molecule has 1 aromatic heterocycles. The van der Waals surface area contributed by atoms with E-state index in [1.54, 1.807) is 6.33 Å². The Morgan fingerprint density at radius 1 is 1.44 bits per heavy atom. The first-order chi connectivity index (χ1) is 7.68. The van der Waals surface area contributed by atoms with Gasteiger partial charge in [-0.3, -0.25) is 0 Å². The lowest BCUT2D eigenvalue weighted by atomic mass is 9.94. The lowest BCUT2D eigenvalue weighted by molar-refractivity contribution is 0.405. The Morgan fingerprint density at radius 3 is 2.69 bits per heavy atom. The summed E-state index contributed by atoms with van der Waals surface area (Å²) >= 11 is 7.17. The number of aromatic nitrogens is 2. The molecule has 0 aromatic carbocycles. The van der Waals surface area contributed by atoms with Crippen molar-refractivity contribution < 1.29 is 0 Å². The van der Waals surface area contributed by atoms with Crippen molar-refractivity contribution in [2.45, 2.75) is 24.6 Å². The molecule has 2 heterocycles. The number of nitrogens with zero attached hydrogens (tertiary/aromatic N) is 3. The van der Waals surface area contributed by atoms with Gasteiger partial charge in [-0.2, -0.15) is 0 Å². The van der Waals surface area contributed by atoms with E-state index in [4.69, 9.17) is 0 Å². The van der Waals surface area contributed by atoms with Crippen LogP contribution in [-0.4, -0.2) is 27.9 Å². The molecule has 3 nitrogen and oxygen atoms in total. The summed E-state index contributed by atoms with van der Waals surface area (Å²) in [6, 6.07) is 0. The minimum absolute atomic E-state index is 0.614. The molecular weight excluding hydrogens is 334 g/mol. The van der Waals surface area contributed by atoms with Crippen LogP contribution in [0.25, 0.3) is 0 Å². The first-order valence-electron chi connectivity index (χ1n) is 5.53. The van der Waals surface area contributed by atoms with Crippen LogP contribution in [0.4, 0.5) is 5.82 Å². The van der Waals surface area contributed by atoms with Crippen LogP contribution in [0.1, 0.15) is 19.8 Å². The summed E-state index contributed by atoms with van der Waals surface area (Å²) < 4.78 is 0.986. The van der Waals surface area contributed by atoms with E-state index in [0.717, 1.165) is 29.3 Å². The highest BCUT2D eigenvalue weighted by Crippen LogP contribution is 2.30. The van der Waals surface area contributed by atoms with Crippen LogP contribution in [0.2, 0.25) is 0 Å². The van der Waals surface area contributed by atoms with Gasteiger partial charge in [0.1, 0.15) is 12.1 Å². The Labute approximate surface area is 113 Å². The molecule has 1 saturated heterocycles. The second-order valence-electron chi connectivity index (χ2n) is 4.20. The molecule has 1 aromatic rings. The Morgan fingerprint density at radius 2 is 2.12 bits per heavy atom. The predicted molar refractivity (Wildman–Crippen MR) is 73.1 cm³/mol. The van der Waals surface area contributed by atoms with Crippen LogP contribution in [0.3, 0.4) is 0 Å². The number of anilines is 1. The SMILES string of the molecule is CC(Br)C1CCN(c2ncncc2Br)CC1. The fourth-order valence-corrected chi connectivity index (χ4v) is 3.11. The average molecular weight is 349 g/mol. The highest BCUT2D eigenvalue weighted by molar-refractivity contribution is 9.10. The summed E-state index contributed by atoms with van der Waals surface area (Å²) in [5, 5.41) is 0. The highest BCUT2D eigenvalue weighted by atomic mass is 79.9. The van der Waals surface area contributed by atoms with Crippen molar-refractivity contribution in [3.63, 3.8) is 0 Å². The van der Waals surface area contributed by atoms with Crippen LogP contribution in [0, 0.1) is 5.92 Å². The van der Waals surface area contributed by atoms with E-state index in [0.29, 0.717) is 4.83 Å². The lowest BCUT2D eigenvalue weighted by Gasteiger charge is -2.34. The largest absolute Gasteiger partial charge is 0.356 e. The smallest absolute Gasteiger partial charge is 0.146 e. The zero-order chi connectivity index (χ0) is 11.5. The Kier molecular flexibility index (Phi) is 4.19. The number of halogens is 2. The molecule has 1 unspecified atom stereocenters. The average Bonchev–Trinajstić information content (AvgIpc) is 2.30. The third kappa shape index (κ3) is 2.74.